The first-order valence-electron chi connectivity index (χ1n) is 15.1. The van der Waals surface area contributed by atoms with E-state index in [0.717, 1.165) is 9.80 Å². The number of imide groups is 2. The van der Waals surface area contributed by atoms with Gasteiger partial charge in [0, 0.05) is 17.4 Å². The fourth-order valence-electron chi connectivity index (χ4n) is 7.52. The van der Waals surface area contributed by atoms with Gasteiger partial charge in [-0.2, -0.15) is 0 Å². The third-order valence-electron chi connectivity index (χ3n) is 9.13. The Bertz CT molecular complexity index is 1670. The molecule has 0 N–H and O–H groups in total. The van der Waals surface area contributed by atoms with Gasteiger partial charge in [0.25, 0.3) is 0 Å². The van der Waals surface area contributed by atoms with Crippen LogP contribution in [0.3, 0.4) is 0 Å². The zero-order chi connectivity index (χ0) is 31.4. The van der Waals surface area contributed by atoms with Gasteiger partial charge in [0.1, 0.15) is 17.2 Å². The maximum absolute atomic E-state index is 14.3. The van der Waals surface area contributed by atoms with Crippen LogP contribution in [0.1, 0.15) is 13.8 Å². The summed E-state index contributed by atoms with van der Waals surface area (Å²) in [6, 6.07) is 21.9. The third-order valence-corrected chi connectivity index (χ3v) is 9.13. The summed E-state index contributed by atoms with van der Waals surface area (Å²) in [7, 11) is 0. The molecule has 1 saturated carbocycles. The van der Waals surface area contributed by atoms with Gasteiger partial charge in [-0.1, -0.05) is 48.5 Å². The van der Waals surface area contributed by atoms with Crippen LogP contribution in [0.5, 0.6) is 17.2 Å². The third kappa shape index (κ3) is 4.27. The number of anilines is 2. The molecule has 8 rings (SSSR count). The van der Waals surface area contributed by atoms with Gasteiger partial charge in [-0.3, -0.25) is 19.2 Å². The van der Waals surface area contributed by atoms with Gasteiger partial charge >= 0.3 is 5.97 Å². The topological polar surface area (TPSA) is 120 Å². The van der Waals surface area contributed by atoms with E-state index < -0.39 is 65.1 Å². The molecule has 3 aliphatic carbocycles. The highest BCUT2D eigenvalue weighted by Crippen LogP contribution is 2.61. The average Bonchev–Trinajstić information content (AvgIpc) is 3.48. The molecule has 2 saturated heterocycles. The van der Waals surface area contributed by atoms with Gasteiger partial charge in [0.05, 0.1) is 48.3 Å². The molecule has 45 heavy (non-hydrogen) atoms. The first-order valence-corrected chi connectivity index (χ1v) is 15.1. The molecule has 6 atom stereocenters. The van der Waals surface area contributed by atoms with E-state index in [2.05, 4.69) is 0 Å². The van der Waals surface area contributed by atoms with Crippen LogP contribution < -0.4 is 24.0 Å². The molecule has 3 aromatic rings. The Hall–Kier alpha value is -5.25. The first kappa shape index (κ1) is 28.5. The molecule has 5 aliphatic rings. The zero-order valence-electron chi connectivity index (χ0n) is 24.6. The van der Waals surface area contributed by atoms with Crippen LogP contribution in [0.4, 0.5) is 11.4 Å². The Labute approximate surface area is 259 Å². The number of nitrogens with zero attached hydrogens (tertiary/aromatic N) is 2. The summed E-state index contributed by atoms with van der Waals surface area (Å²) >= 11 is 0. The second kappa shape index (κ2) is 11.0. The first-order chi connectivity index (χ1) is 21.9. The van der Waals surface area contributed by atoms with Crippen LogP contribution in [0.2, 0.25) is 0 Å². The number of carbonyl (C=O) groups is 5. The smallest absolute Gasteiger partial charge is 0.339 e. The zero-order valence-corrected chi connectivity index (χ0v) is 24.6. The van der Waals surface area contributed by atoms with Crippen molar-refractivity contribution in [1.82, 2.24) is 0 Å². The van der Waals surface area contributed by atoms with Crippen LogP contribution in [0, 0.1) is 35.5 Å². The molecular weight excluding hydrogens is 576 g/mol. The standard InChI is InChI=1S/C35H30N2O8/c1-3-43-24-16-10-8-14-22(24)36-31(38)27-20-18-21(35(42)45-19-12-6-5-7-13-19)26(29(27)33(36)40)30-28(20)32(39)37(34(30)41)23-15-9-11-17-25(23)44-4-2/h5-18,20,26-30H,3-4H2,1-2H3/t20?,26?,27-,28?,29-,30-/m0/s1. The van der Waals surface area contributed by atoms with Crippen molar-refractivity contribution in [3.05, 3.63) is 90.5 Å². The second-order valence-electron chi connectivity index (χ2n) is 11.4. The van der Waals surface area contributed by atoms with Crippen LogP contribution in [0.15, 0.2) is 90.5 Å². The molecule has 3 fully saturated rings. The Morgan fingerprint density at radius 1 is 0.600 bits per heavy atom. The summed E-state index contributed by atoms with van der Waals surface area (Å²) in [5, 5.41) is 0. The normalized spacial score (nSPS) is 26.5. The molecule has 228 valence electrons. The van der Waals surface area contributed by atoms with Gasteiger partial charge in [-0.25, -0.2) is 14.6 Å². The number of hydrogen-bond acceptors (Lipinski definition) is 8. The monoisotopic (exact) mass is 606 g/mol. The van der Waals surface area contributed by atoms with E-state index in [-0.39, 0.29) is 16.9 Å². The lowest BCUT2D eigenvalue weighted by atomic mass is 9.52. The van der Waals surface area contributed by atoms with E-state index >= 15 is 0 Å². The number of rotatable bonds is 8. The van der Waals surface area contributed by atoms with Gasteiger partial charge < -0.3 is 14.2 Å². The Balaban J connectivity index is 1.33. The van der Waals surface area contributed by atoms with E-state index in [1.807, 2.05) is 0 Å². The number of hydrogen-bond donors (Lipinski definition) is 0. The fourth-order valence-corrected chi connectivity index (χ4v) is 7.52. The van der Waals surface area contributed by atoms with Crippen LogP contribution in [0.25, 0.3) is 0 Å². The minimum atomic E-state index is -1.07. The van der Waals surface area contributed by atoms with Crippen LogP contribution in [-0.4, -0.2) is 42.8 Å². The van der Waals surface area contributed by atoms with Crippen molar-refractivity contribution < 1.29 is 38.2 Å². The van der Waals surface area contributed by atoms with Crippen molar-refractivity contribution in [1.29, 1.82) is 0 Å². The van der Waals surface area contributed by atoms with Gasteiger partial charge in [0.2, 0.25) is 23.6 Å². The van der Waals surface area contributed by atoms with E-state index in [0.29, 0.717) is 30.5 Å². The van der Waals surface area contributed by atoms with E-state index in [1.54, 1.807) is 98.8 Å². The molecule has 2 bridgehead atoms. The largest absolute Gasteiger partial charge is 0.492 e. The molecule has 2 aliphatic heterocycles. The SMILES string of the molecule is CCOc1ccccc1N1C(=O)C2C3C=C(C(=O)Oc4ccccc4)C([C@@H]2C1=O)[C@@H]1C(=O)N(c2ccccc2OCC)C(=O)[C@@H]31. The predicted octanol–water partition coefficient (Wildman–Crippen LogP) is 4.19. The van der Waals surface area contributed by atoms with Gasteiger partial charge in [-0.05, 0) is 50.2 Å². The van der Waals surface area contributed by atoms with Crippen LogP contribution >= 0.6 is 0 Å². The Morgan fingerprint density at radius 2 is 1.04 bits per heavy atom. The fraction of sp³-hybridized carbons (Fsp3) is 0.286. The number of benzene rings is 3. The second-order valence-corrected chi connectivity index (χ2v) is 11.4. The molecule has 0 spiro atoms. The molecule has 0 radical (unpaired) electrons. The van der Waals surface area contributed by atoms with Crippen molar-refractivity contribution in [2.75, 3.05) is 23.0 Å². The number of carbonyl (C=O) groups excluding carboxylic acids is 5. The summed E-state index contributed by atoms with van der Waals surface area (Å²) in [6.07, 6.45) is 1.59. The summed E-state index contributed by atoms with van der Waals surface area (Å²) in [4.78, 5) is 73.0. The summed E-state index contributed by atoms with van der Waals surface area (Å²) in [6.45, 7) is 4.22. The minimum absolute atomic E-state index is 0.119. The highest BCUT2D eigenvalue weighted by Gasteiger charge is 2.71. The van der Waals surface area contributed by atoms with Crippen LogP contribution in [-0.2, 0) is 24.0 Å². The van der Waals surface area contributed by atoms with E-state index in [9.17, 15) is 24.0 Å². The van der Waals surface area contributed by atoms with E-state index in [4.69, 9.17) is 14.2 Å². The van der Waals surface area contributed by atoms with Gasteiger partial charge in [0.15, 0.2) is 0 Å². The van der Waals surface area contributed by atoms with E-state index in [1.165, 1.54) is 0 Å². The maximum atomic E-state index is 14.3. The lowest BCUT2D eigenvalue weighted by Crippen LogP contribution is -2.53. The molecule has 2 heterocycles. The maximum Gasteiger partial charge on any atom is 0.339 e. The Morgan fingerprint density at radius 3 is 1.53 bits per heavy atom. The highest BCUT2D eigenvalue weighted by atomic mass is 16.5. The Kier molecular flexibility index (Phi) is 6.99. The molecule has 3 aromatic carbocycles. The highest BCUT2D eigenvalue weighted by molar-refractivity contribution is 6.27. The number of ether oxygens (including phenoxy) is 3. The molecule has 10 nitrogen and oxygen atoms in total. The summed E-state index contributed by atoms with van der Waals surface area (Å²) in [5.74, 6) is -7.78. The van der Waals surface area contributed by atoms with Crippen molar-refractivity contribution in [3.8, 4) is 17.2 Å². The van der Waals surface area contributed by atoms with Crippen molar-refractivity contribution in [2.45, 2.75) is 13.8 Å². The number of amides is 4. The minimum Gasteiger partial charge on any atom is -0.492 e. The number of para-hydroxylation sites is 5. The number of allylic oxidation sites excluding steroid dienone is 1. The van der Waals surface area contributed by atoms with Crippen molar-refractivity contribution in [2.24, 2.45) is 35.5 Å². The molecule has 3 unspecified atom stereocenters. The van der Waals surface area contributed by atoms with Gasteiger partial charge in [-0.15, -0.1) is 0 Å². The molecular formula is C35H30N2O8. The lowest BCUT2D eigenvalue weighted by Gasteiger charge is -2.46. The average molecular weight is 607 g/mol. The number of esters is 1. The van der Waals surface area contributed by atoms with Crippen molar-refractivity contribution in [3.63, 3.8) is 0 Å². The quantitative estimate of drug-likeness (QED) is 0.213. The predicted molar refractivity (Wildman–Crippen MR) is 161 cm³/mol. The molecule has 10 heteroatoms. The summed E-state index contributed by atoms with van der Waals surface area (Å²) in [5.41, 5.74) is 0.687. The summed E-state index contributed by atoms with van der Waals surface area (Å²) < 4.78 is 17.2. The molecule has 0 aromatic heterocycles. The van der Waals surface area contributed by atoms with Crippen molar-refractivity contribution >= 4 is 41.0 Å². The molecule has 4 amide bonds. The lowest BCUT2D eigenvalue weighted by molar-refractivity contribution is -0.142.